The number of fused-ring (bicyclic) bond motifs is 1. The van der Waals surface area contributed by atoms with E-state index in [1.165, 1.54) is 16.7 Å². The second-order valence-corrected chi connectivity index (χ2v) is 10.4. The summed E-state index contributed by atoms with van der Waals surface area (Å²) in [6.45, 7) is 10.6. The van der Waals surface area contributed by atoms with Crippen molar-refractivity contribution in [3.05, 3.63) is 101 Å². The van der Waals surface area contributed by atoms with E-state index in [1.807, 2.05) is 32.9 Å². The number of carbonyl (C=O) groups is 1. The normalized spacial score (nSPS) is 13.2. The maximum Gasteiger partial charge on any atom is 0.437 e. The molecule has 1 atom stereocenters. The maximum atomic E-state index is 13.0. The Hall–Kier alpha value is -3.64. The van der Waals surface area contributed by atoms with E-state index in [0.717, 1.165) is 23.0 Å². The first-order chi connectivity index (χ1) is 17.1. The van der Waals surface area contributed by atoms with Crippen molar-refractivity contribution in [2.24, 2.45) is 10.7 Å². The second kappa shape index (κ2) is 10.5. The zero-order valence-electron chi connectivity index (χ0n) is 21.9. The van der Waals surface area contributed by atoms with E-state index in [9.17, 15) is 4.79 Å². The number of hydrogen-bond acceptors (Lipinski definition) is 3. The summed E-state index contributed by atoms with van der Waals surface area (Å²) in [5, 5.41) is 0. The molecule has 0 radical (unpaired) electrons. The van der Waals surface area contributed by atoms with Crippen LogP contribution in [0.1, 0.15) is 49.1 Å². The molecule has 0 aliphatic carbocycles. The van der Waals surface area contributed by atoms with Gasteiger partial charge in [0.05, 0.1) is 23.6 Å². The predicted molar refractivity (Wildman–Crippen MR) is 145 cm³/mol. The standard InChI is InChI=1S/C30H36N4O2/c1-21-10-14-23(15-11-21)18-25(19-31)34-27-9-7-6-8-26(27)33(20-24-16-12-22(2)13-17-24)28(34)32-29(35)36-30(3,4)5/h6-17,25H,18-20,31H2,1-5H3/b32-28-. The fourth-order valence-electron chi connectivity index (χ4n) is 4.39. The van der Waals surface area contributed by atoms with Gasteiger partial charge in [0.1, 0.15) is 5.60 Å². The zero-order valence-corrected chi connectivity index (χ0v) is 21.9. The number of hydrogen-bond donors (Lipinski definition) is 1. The molecular formula is C30H36N4O2. The Bertz CT molecular complexity index is 1400. The van der Waals surface area contributed by atoms with Crippen LogP contribution in [0.25, 0.3) is 11.0 Å². The molecule has 6 heteroatoms. The van der Waals surface area contributed by atoms with Gasteiger partial charge in [-0.2, -0.15) is 0 Å². The van der Waals surface area contributed by atoms with E-state index < -0.39 is 11.7 Å². The molecule has 0 aliphatic heterocycles. The van der Waals surface area contributed by atoms with Gasteiger partial charge in [0, 0.05) is 6.54 Å². The molecule has 6 nitrogen and oxygen atoms in total. The first-order valence-electron chi connectivity index (χ1n) is 12.4. The summed E-state index contributed by atoms with van der Waals surface area (Å²) >= 11 is 0. The summed E-state index contributed by atoms with van der Waals surface area (Å²) in [6, 6.07) is 24.9. The highest BCUT2D eigenvalue weighted by Crippen LogP contribution is 2.22. The minimum atomic E-state index is -0.644. The van der Waals surface area contributed by atoms with Crippen molar-refractivity contribution in [2.45, 2.75) is 59.2 Å². The number of nitrogens with zero attached hydrogens (tertiary/aromatic N) is 3. The monoisotopic (exact) mass is 484 g/mol. The molecule has 1 heterocycles. The first kappa shape index (κ1) is 25.5. The van der Waals surface area contributed by atoms with Crippen LogP contribution >= 0.6 is 0 Å². The number of nitrogens with two attached hydrogens (primary N) is 1. The Balaban J connectivity index is 1.92. The highest BCUT2D eigenvalue weighted by molar-refractivity contribution is 5.77. The molecule has 4 rings (SSSR count). The van der Waals surface area contributed by atoms with Crippen molar-refractivity contribution >= 4 is 17.1 Å². The summed E-state index contributed by atoms with van der Waals surface area (Å²) in [4.78, 5) is 17.5. The Kier molecular flexibility index (Phi) is 7.45. The lowest BCUT2D eigenvalue weighted by Crippen LogP contribution is -2.35. The number of para-hydroxylation sites is 2. The van der Waals surface area contributed by atoms with E-state index in [0.29, 0.717) is 18.7 Å². The minimum absolute atomic E-state index is 0.0990. The Labute approximate surface area is 213 Å². The third-order valence-electron chi connectivity index (χ3n) is 6.16. The fraction of sp³-hybridized carbons (Fsp3) is 0.333. The van der Waals surface area contributed by atoms with Crippen LogP contribution in [0.4, 0.5) is 4.79 Å². The van der Waals surface area contributed by atoms with E-state index >= 15 is 0 Å². The molecule has 1 unspecified atom stereocenters. The van der Waals surface area contributed by atoms with Crippen LogP contribution in [-0.2, 0) is 17.7 Å². The van der Waals surface area contributed by atoms with E-state index in [2.05, 4.69) is 88.6 Å². The van der Waals surface area contributed by atoms with Crippen LogP contribution in [-0.4, -0.2) is 27.4 Å². The topological polar surface area (TPSA) is 74.5 Å². The van der Waals surface area contributed by atoms with E-state index in [-0.39, 0.29) is 6.04 Å². The molecule has 4 aromatic rings. The number of aromatic nitrogens is 2. The van der Waals surface area contributed by atoms with Crippen LogP contribution in [0.15, 0.2) is 77.8 Å². The molecule has 0 fully saturated rings. The average Bonchev–Trinajstić information content (AvgIpc) is 3.11. The average molecular weight is 485 g/mol. The smallest absolute Gasteiger partial charge is 0.437 e. The van der Waals surface area contributed by atoms with Gasteiger partial charge in [-0.05, 0) is 64.3 Å². The summed E-state index contributed by atoms with van der Waals surface area (Å²) in [6.07, 6.45) is 0.104. The molecule has 0 saturated carbocycles. The third-order valence-corrected chi connectivity index (χ3v) is 6.16. The summed E-state index contributed by atoms with van der Waals surface area (Å²) in [5.41, 5.74) is 12.9. The highest BCUT2D eigenvalue weighted by atomic mass is 16.6. The van der Waals surface area contributed by atoms with Crippen molar-refractivity contribution in [3.63, 3.8) is 0 Å². The molecule has 2 N–H and O–H groups in total. The van der Waals surface area contributed by atoms with Gasteiger partial charge in [-0.1, -0.05) is 71.8 Å². The lowest BCUT2D eigenvalue weighted by atomic mass is 10.0. The van der Waals surface area contributed by atoms with Gasteiger partial charge in [-0.25, -0.2) is 4.79 Å². The van der Waals surface area contributed by atoms with Gasteiger partial charge in [0.15, 0.2) is 0 Å². The van der Waals surface area contributed by atoms with Crippen molar-refractivity contribution in [2.75, 3.05) is 6.54 Å². The zero-order chi connectivity index (χ0) is 25.9. The second-order valence-electron chi connectivity index (χ2n) is 10.4. The van der Waals surface area contributed by atoms with Gasteiger partial charge >= 0.3 is 6.09 Å². The molecule has 188 valence electrons. The van der Waals surface area contributed by atoms with E-state index in [4.69, 9.17) is 10.5 Å². The van der Waals surface area contributed by atoms with Crippen molar-refractivity contribution in [1.82, 2.24) is 9.13 Å². The lowest BCUT2D eigenvalue weighted by molar-refractivity contribution is 0.0593. The number of amides is 1. The van der Waals surface area contributed by atoms with Crippen LogP contribution in [0.2, 0.25) is 0 Å². The van der Waals surface area contributed by atoms with Gasteiger partial charge < -0.3 is 19.6 Å². The molecule has 1 aromatic heterocycles. The molecular weight excluding hydrogens is 448 g/mol. The van der Waals surface area contributed by atoms with Crippen molar-refractivity contribution in [1.29, 1.82) is 0 Å². The maximum absolute atomic E-state index is 13.0. The van der Waals surface area contributed by atoms with Gasteiger partial charge in [-0.3, -0.25) is 0 Å². The molecule has 0 saturated heterocycles. The number of benzene rings is 3. The number of imidazole rings is 1. The third kappa shape index (κ3) is 5.94. The Morgan fingerprint density at radius 1 is 0.889 bits per heavy atom. The molecule has 1 amide bonds. The predicted octanol–water partition coefficient (Wildman–Crippen LogP) is 5.69. The number of ether oxygens (including phenoxy) is 1. The summed E-state index contributed by atoms with van der Waals surface area (Å²) in [5.74, 6) is 0. The summed E-state index contributed by atoms with van der Waals surface area (Å²) < 4.78 is 9.78. The molecule has 0 spiro atoms. The number of aryl methyl sites for hydroxylation is 2. The first-order valence-corrected chi connectivity index (χ1v) is 12.4. The minimum Gasteiger partial charge on any atom is -0.442 e. The van der Waals surface area contributed by atoms with Gasteiger partial charge in [0.2, 0.25) is 5.62 Å². The van der Waals surface area contributed by atoms with Crippen LogP contribution in [0.5, 0.6) is 0 Å². The van der Waals surface area contributed by atoms with E-state index in [1.54, 1.807) is 0 Å². The van der Waals surface area contributed by atoms with Crippen LogP contribution in [0, 0.1) is 13.8 Å². The number of carbonyl (C=O) groups excluding carboxylic acids is 1. The largest absolute Gasteiger partial charge is 0.442 e. The molecule has 0 bridgehead atoms. The number of rotatable bonds is 6. The molecule has 3 aromatic carbocycles. The fourth-order valence-corrected chi connectivity index (χ4v) is 4.39. The van der Waals surface area contributed by atoms with Crippen molar-refractivity contribution in [3.8, 4) is 0 Å². The molecule has 0 aliphatic rings. The Morgan fingerprint density at radius 2 is 1.44 bits per heavy atom. The lowest BCUT2D eigenvalue weighted by Gasteiger charge is -2.20. The Morgan fingerprint density at radius 3 is 2.00 bits per heavy atom. The van der Waals surface area contributed by atoms with Crippen molar-refractivity contribution < 1.29 is 9.53 Å². The van der Waals surface area contributed by atoms with Gasteiger partial charge in [0.25, 0.3) is 0 Å². The highest BCUT2D eigenvalue weighted by Gasteiger charge is 2.22. The SMILES string of the molecule is Cc1ccc(CC(CN)n2/c(=N\C(=O)OC(C)(C)C)n(Cc3ccc(C)cc3)c3ccccc32)cc1. The van der Waals surface area contributed by atoms with Crippen LogP contribution in [0.3, 0.4) is 0 Å². The van der Waals surface area contributed by atoms with Gasteiger partial charge in [-0.15, -0.1) is 4.99 Å². The summed E-state index contributed by atoms with van der Waals surface area (Å²) in [7, 11) is 0. The quantitative estimate of drug-likeness (QED) is 0.382. The van der Waals surface area contributed by atoms with Crippen LogP contribution < -0.4 is 11.4 Å². The molecule has 36 heavy (non-hydrogen) atoms.